The topological polar surface area (TPSA) is 109 Å². The molecule has 5 bridgehead atoms. The summed E-state index contributed by atoms with van der Waals surface area (Å²) < 4.78 is 16.8. The van der Waals surface area contributed by atoms with Gasteiger partial charge < -0.3 is 24.4 Å². The molecular formula is C23H26N2O7. The van der Waals surface area contributed by atoms with Crippen LogP contribution in [0.1, 0.15) is 31.2 Å². The van der Waals surface area contributed by atoms with E-state index in [1.54, 1.807) is 0 Å². The van der Waals surface area contributed by atoms with Gasteiger partial charge in [-0.25, -0.2) is 9.59 Å². The van der Waals surface area contributed by atoms with Crippen molar-refractivity contribution < 1.29 is 34.0 Å². The zero-order valence-corrected chi connectivity index (χ0v) is 18.0. The molecule has 0 aromatic heterocycles. The molecule has 3 saturated carbocycles. The first kappa shape index (κ1) is 19.3. The fourth-order valence-electron chi connectivity index (χ4n) is 9.13. The molecule has 8 atom stereocenters. The van der Waals surface area contributed by atoms with Crippen LogP contribution in [0.15, 0.2) is 24.3 Å². The van der Waals surface area contributed by atoms with Crippen LogP contribution in [0, 0.1) is 5.41 Å². The van der Waals surface area contributed by atoms with E-state index in [4.69, 9.17) is 14.2 Å². The van der Waals surface area contributed by atoms with Crippen molar-refractivity contribution in [3.8, 4) is 0 Å². The highest BCUT2D eigenvalue weighted by Gasteiger charge is 2.93. The van der Waals surface area contributed by atoms with Crippen molar-refractivity contribution in [2.75, 3.05) is 25.7 Å². The van der Waals surface area contributed by atoms with E-state index in [1.807, 2.05) is 24.3 Å². The third-order valence-electron chi connectivity index (χ3n) is 9.80. The Morgan fingerprint density at radius 1 is 1.16 bits per heavy atom. The summed E-state index contributed by atoms with van der Waals surface area (Å²) in [4.78, 5) is 30.7. The molecule has 4 saturated heterocycles. The Bertz CT molecular complexity index is 1080. The van der Waals surface area contributed by atoms with Crippen molar-refractivity contribution in [1.82, 2.24) is 4.90 Å². The highest BCUT2D eigenvalue weighted by molar-refractivity contribution is 5.99. The van der Waals surface area contributed by atoms with E-state index in [0.717, 1.165) is 5.56 Å². The van der Waals surface area contributed by atoms with Crippen LogP contribution in [0.5, 0.6) is 0 Å². The Labute approximate surface area is 184 Å². The molecule has 1 aromatic rings. The van der Waals surface area contributed by atoms with Gasteiger partial charge in [-0.2, -0.15) is 0 Å². The number of hydrogen-bond acceptors (Lipinski definition) is 8. The molecule has 5 heterocycles. The second kappa shape index (κ2) is 5.47. The van der Waals surface area contributed by atoms with Crippen LogP contribution in [0.4, 0.5) is 10.5 Å². The molecule has 2 N–H and O–H groups in total. The van der Waals surface area contributed by atoms with E-state index in [1.165, 1.54) is 19.1 Å². The van der Waals surface area contributed by atoms with Crippen LogP contribution >= 0.6 is 0 Å². The summed E-state index contributed by atoms with van der Waals surface area (Å²) in [5.74, 6) is -0.834. The number of nitrogens with zero attached hydrogens (tertiary/aromatic N) is 2. The van der Waals surface area contributed by atoms with E-state index in [2.05, 4.69) is 4.90 Å². The summed E-state index contributed by atoms with van der Waals surface area (Å²) in [6.45, 7) is 0.693. The first-order valence-corrected chi connectivity index (χ1v) is 11.2. The molecule has 170 valence electrons. The largest absolute Gasteiger partial charge is 0.467 e. The standard InChI is InChI=1S/C23H26N2O7/c1-30-18(27)23(29)17-20-7-8-22(23)21(9-10-24(16(20)21)15(32-17)11-14(20)26)12-5-3-4-6-13(12)25(22)19(28)31-2/h3-6,14-17,26,29H,7-11H2,1-2H3/t14-,15-,16-,17+,20+,21+,22-,23+/m0/s1. The number of anilines is 1. The van der Waals surface area contributed by atoms with E-state index in [-0.39, 0.29) is 6.04 Å². The number of hydrogen-bond donors (Lipinski definition) is 2. The molecule has 7 fully saturated rings. The molecule has 9 rings (SSSR count). The summed E-state index contributed by atoms with van der Waals surface area (Å²) >= 11 is 0. The Morgan fingerprint density at radius 2 is 1.94 bits per heavy atom. The third-order valence-corrected chi connectivity index (χ3v) is 9.80. The summed E-state index contributed by atoms with van der Waals surface area (Å²) in [5.41, 5.74) is -3.57. The second-order valence-corrected chi connectivity index (χ2v) is 10.1. The molecule has 3 spiro atoms. The van der Waals surface area contributed by atoms with Crippen molar-refractivity contribution in [2.24, 2.45) is 5.41 Å². The average Bonchev–Trinajstić information content (AvgIpc) is 3.36. The maximum atomic E-state index is 13.5. The number of fused-ring (bicyclic) bond motifs is 3. The van der Waals surface area contributed by atoms with Gasteiger partial charge in [0.1, 0.15) is 17.9 Å². The van der Waals surface area contributed by atoms with Crippen LogP contribution in [-0.4, -0.2) is 83.6 Å². The number of piperidine rings is 1. The molecule has 32 heavy (non-hydrogen) atoms. The number of esters is 1. The van der Waals surface area contributed by atoms with Crippen LogP contribution in [-0.2, 0) is 24.4 Å². The number of para-hydroxylation sites is 1. The van der Waals surface area contributed by atoms with Gasteiger partial charge >= 0.3 is 12.1 Å². The summed E-state index contributed by atoms with van der Waals surface area (Å²) in [6.07, 6.45) is -0.818. The lowest BCUT2D eigenvalue weighted by atomic mass is 9.35. The Kier molecular flexibility index (Phi) is 3.30. The molecule has 0 unspecified atom stereocenters. The first-order chi connectivity index (χ1) is 15.4. The lowest BCUT2D eigenvalue weighted by Crippen LogP contribution is -2.95. The number of aliphatic hydroxyl groups is 2. The van der Waals surface area contributed by atoms with Crippen LogP contribution in [0.3, 0.4) is 0 Å². The van der Waals surface area contributed by atoms with E-state index < -0.39 is 52.5 Å². The number of amides is 1. The van der Waals surface area contributed by atoms with E-state index >= 15 is 0 Å². The van der Waals surface area contributed by atoms with Crippen molar-refractivity contribution >= 4 is 17.7 Å². The van der Waals surface area contributed by atoms with Gasteiger partial charge in [-0.15, -0.1) is 0 Å². The smallest absolute Gasteiger partial charge is 0.414 e. The zero-order valence-electron chi connectivity index (χ0n) is 18.0. The molecule has 9 nitrogen and oxygen atoms in total. The minimum absolute atomic E-state index is 0.169. The van der Waals surface area contributed by atoms with Crippen LogP contribution in [0.25, 0.3) is 0 Å². The van der Waals surface area contributed by atoms with Gasteiger partial charge in [0.2, 0.25) is 5.60 Å². The molecule has 1 aromatic carbocycles. The summed E-state index contributed by atoms with van der Waals surface area (Å²) in [7, 11) is 2.55. The highest BCUT2D eigenvalue weighted by Crippen LogP contribution is 2.79. The number of carbonyl (C=O) groups is 2. The highest BCUT2D eigenvalue weighted by atomic mass is 16.6. The van der Waals surface area contributed by atoms with E-state index in [0.29, 0.717) is 37.9 Å². The van der Waals surface area contributed by atoms with Crippen molar-refractivity contribution in [3.05, 3.63) is 29.8 Å². The fourth-order valence-corrected chi connectivity index (χ4v) is 9.13. The van der Waals surface area contributed by atoms with Crippen LogP contribution < -0.4 is 4.90 Å². The monoisotopic (exact) mass is 442 g/mol. The van der Waals surface area contributed by atoms with Gasteiger partial charge in [-0.05, 0) is 30.9 Å². The molecule has 5 aliphatic heterocycles. The molecule has 0 radical (unpaired) electrons. The predicted octanol–water partition coefficient (Wildman–Crippen LogP) is 0.511. The average molecular weight is 442 g/mol. The Balaban J connectivity index is 1.64. The normalized spacial score (nSPS) is 49.1. The minimum Gasteiger partial charge on any atom is -0.467 e. The lowest BCUT2D eigenvalue weighted by Gasteiger charge is -2.78. The minimum atomic E-state index is -2.17. The number of ether oxygens (including phenoxy) is 3. The lowest BCUT2D eigenvalue weighted by molar-refractivity contribution is -0.389. The van der Waals surface area contributed by atoms with E-state index in [9.17, 15) is 19.8 Å². The SMILES string of the molecule is COC(=O)N1c2ccccc2[C@@]23CCN4[C@@H]5C[C@H](O)[C@]6(CC[C@]12[C@](O)(C(=O)OC)[C@@H]6O5)[C@H]43. The van der Waals surface area contributed by atoms with Gasteiger partial charge in [0.25, 0.3) is 0 Å². The van der Waals surface area contributed by atoms with Crippen molar-refractivity contribution in [3.63, 3.8) is 0 Å². The zero-order chi connectivity index (χ0) is 22.3. The Morgan fingerprint density at radius 3 is 2.69 bits per heavy atom. The van der Waals surface area contributed by atoms with Crippen LogP contribution in [0.2, 0.25) is 0 Å². The van der Waals surface area contributed by atoms with Gasteiger partial charge in [0, 0.05) is 29.8 Å². The summed E-state index contributed by atoms with van der Waals surface area (Å²) in [5, 5.41) is 24.0. The number of benzene rings is 1. The predicted molar refractivity (Wildman–Crippen MR) is 109 cm³/mol. The molecular weight excluding hydrogens is 416 g/mol. The molecule has 8 aliphatic rings. The van der Waals surface area contributed by atoms with Crippen molar-refractivity contribution in [1.29, 1.82) is 0 Å². The molecule has 3 aliphatic carbocycles. The molecule has 9 heteroatoms. The second-order valence-electron chi connectivity index (χ2n) is 10.1. The van der Waals surface area contributed by atoms with Gasteiger partial charge in [0.05, 0.1) is 26.0 Å². The maximum absolute atomic E-state index is 13.5. The summed E-state index contributed by atoms with van der Waals surface area (Å²) in [6, 6.07) is 7.43. The van der Waals surface area contributed by atoms with Crippen molar-refractivity contribution in [2.45, 2.75) is 66.7 Å². The quantitative estimate of drug-likeness (QED) is 0.606. The fraction of sp³-hybridized carbons (Fsp3) is 0.652. The number of rotatable bonds is 1. The van der Waals surface area contributed by atoms with Gasteiger partial charge in [-0.1, -0.05) is 18.2 Å². The van der Waals surface area contributed by atoms with Gasteiger partial charge in [0.15, 0.2) is 0 Å². The number of methoxy groups -OCH3 is 2. The first-order valence-electron chi connectivity index (χ1n) is 11.2. The molecule has 1 amide bonds. The maximum Gasteiger partial charge on any atom is 0.414 e. The number of aliphatic hydroxyl groups excluding tert-OH is 1. The van der Waals surface area contributed by atoms with Gasteiger partial charge in [-0.3, -0.25) is 9.80 Å². The number of carbonyl (C=O) groups excluding carboxylic acids is 2. The third kappa shape index (κ3) is 1.49. The Hall–Kier alpha value is -2.20.